The van der Waals surface area contributed by atoms with Gasteiger partial charge in [0.2, 0.25) is 11.9 Å². The van der Waals surface area contributed by atoms with Crippen molar-refractivity contribution in [2.75, 3.05) is 0 Å². The predicted octanol–water partition coefficient (Wildman–Crippen LogP) is 16.6. The van der Waals surface area contributed by atoms with Crippen molar-refractivity contribution in [3.63, 3.8) is 0 Å². The Kier molecular flexibility index (Phi) is 12.3. The minimum Gasteiger partial charge on any atom is -0.309 e. The number of para-hydroxylation sites is 4. The number of hydrogen-bond donors (Lipinski definition) is 0. The van der Waals surface area contributed by atoms with E-state index < -0.39 is 13.5 Å². The smallest absolute Gasteiger partial charge is 0.240 e. The number of hydrogen-bond acceptors (Lipinski definition) is 3. The molecule has 0 N–H and O–H groups in total. The highest BCUT2D eigenvalue weighted by molar-refractivity contribution is 7.20. The van der Waals surface area contributed by atoms with Crippen LogP contribution < -0.4 is 20.7 Å². The molecule has 6 nitrogen and oxygen atoms in total. The van der Waals surface area contributed by atoms with Crippen LogP contribution in [0.5, 0.6) is 0 Å². The first-order chi connectivity index (χ1) is 44.2. The molecule has 0 aliphatic rings. The summed E-state index contributed by atoms with van der Waals surface area (Å²) >= 11 is 0. The van der Waals surface area contributed by atoms with E-state index in [1.54, 1.807) is 0 Å². The highest BCUT2D eigenvalue weighted by atomic mass is 28.3. The second kappa shape index (κ2) is 21.2. The third-order valence-corrected chi connectivity index (χ3v) is 23.2. The van der Waals surface area contributed by atoms with Crippen molar-refractivity contribution in [1.82, 2.24) is 28.7 Å². The largest absolute Gasteiger partial charge is 0.309 e. The Bertz CT molecular complexity index is 5280. The lowest BCUT2D eigenvalue weighted by Gasteiger charge is -2.37. The number of aromatic nitrogens is 6. The highest BCUT2D eigenvalue weighted by Crippen LogP contribution is 2.47. The van der Waals surface area contributed by atoms with Crippen molar-refractivity contribution in [1.29, 1.82) is 0 Å². The Morgan fingerprint density at radius 2 is 0.674 bits per heavy atom. The topological polar surface area (TPSA) is 53.5 Å². The number of fused-ring (bicyclic) bond motifs is 10. The summed E-state index contributed by atoms with van der Waals surface area (Å²) in [6.45, 7) is 0. The summed E-state index contributed by atoms with van der Waals surface area (Å²) in [6.07, 6.45) is 0. The van der Waals surface area contributed by atoms with Gasteiger partial charge in [-0.3, -0.25) is 9.13 Å². The number of nitrogens with zero attached hydrogens (tertiary/aromatic N) is 6. The van der Waals surface area contributed by atoms with Crippen LogP contribution in [-0.4, -0.2) is 36.7 Å². The molecule has 89 heavy (non-hydrogen) atoms. The molecule has 17 rings (SSSR count). The summed E-state index contributed by atoms with van der Waals surface area (Å²) in [7, 11) is -2.94. The standard InChI is InChI=1S/C82H56N6Si/c1-8-30-58(31-9-1)82(59-32-10-2-11-33-59,60-34-12-3-13-35-60)61-36-28-29-57(55-61)79-83-80(85-81(84-79)88-73-49-26-22-45-67(73)69-52-54-76-77(78(69)88)70-47-24-27-50-74(70)86(76)62-37-14-4-15-38-62)87-72-48-25-23-46-68(72)71-56-66(51-53-75(71)87)89(63-39-16-5-17-40-63,64-41-18-6-19-42-64)65-43-20-7-21-44-65/h1-56H. The monoisotopic (exact) mass is 1150 g/mol. The highest BCUT2D eigenvalue weighted by Gasteiger charge is 2.42. The average molecular weight is 1150 g/mol. The predicted molar refractivity (Wildman–Crippen MR) is 370 cm³/mol. The molecule has 0 unspecified atom stereocenters. The van der Waals surface area contributed by atoms with Crippen molar-refractivity contribution in [3.8, 4) is 29.0 Å². The lowest BCUT2D eigenvalue weighted by molar-refractivity contribution is 0.745. The van der Waals surface area contributed by atoms with Crippen LogP contribution in [0.4, 0.5) is 0 Å². The van der Waals surface area contributed by atoms with Gasteiger partial charge in [-0.15, -0.1) is 0 Å². The zero-order chi connectivity index (χ0) is 58.9. The Morgan fingerprint density at radius 1 is 0.258 bits per heavy atom. The maximum atomic E-state index is 5.83. The van der Waals surface area contributed by atoms with E-state index in [1.165, 1.54) is 20.7 Å². The SMILES string of the molecule is c1ccc(-n2c3ccccc3c3c2ccc2c4ccccc4n(-c4nc(-c5cccc(C(c6ccccc6)(c6ccccc6)c6ccccc6)c5)nc(-n5c6ccccc6c6cc([Si](c7ccccc7)(c7ccccc7)c7ccccc7)ccc65)n4)c23)cc1. The molecule has 4 heterocycles. The fourth-order valence-electron chi connectivity index (χ4n) is 14.7. The molecule has 418 valence electrons. The first-order valence-corrected chi connectivity index (χ1v) is 32.4. The van der Waals surface area contributed by atoms with Gasteiger partial charge in [-0.2, -0.15) is 15.0 Å². The normalized spacial score (nSPS) is 12.0. The third-order valence-electron chi connectivity index (χ3n) is 18.4. The molecule has 0 atom stereocenters. The molecule has 7 heteroatoms. The molecule has 0 radical (unpaired) electrons. The van der Waals surface area contributed by atoms with Gasteiger partial charge < -0.3 is 4.57 Å². The number of benzene rings is 13. The van der Waals surface area contributed by atoms with Gasteiger partial charge in [-0.1, -0.05) is 291 Å². The molecule has 0 bridgehead atoms. The summed E-state index contributed by atoms with van der Waals surface area (Å²) in [5, 5.41) is 11.9. The van der Waals surface area contributed by atoms with Gasteiger partial charge in [0.05, 0.1) is 38.5 Å². The van der Waals surface area contributed by atoms with Crippen molar-refractivity contribution in [3.05, 3.63) is 362 Å². The molecular formula is C82H56N6Si. The van der Waals surface area contributed by atoms with Crippen molar-refractivity contribution in [2.24, 2.45) is 0 Å². The van der Waals surface area contributed by atoms with Crippen LogP contribution >= 0.6 is 0 Å². The van der Waals surface area contributed by atoms with Gasteiger partial charge in [0, 0.05) is 43.6 Å². The molecule has 4 aromatic heterocycles. The fourth-order valence-corrected chi connectivity index (χ4v) is 19.5. The van der Waals surface area contributed by atoms with Crippen molar-refractivity contribution >= 4 is 94.2 Å². The molecule has 13 aromatic carbocycles. The maximum absolute atomic E-state index is 5.83. The van der Waals surface area contributed by atoms with E-state index in [0.29, 0.717) is 17.7 Å². The van der Waals surface area contributed by atoms with Gasteiger partial charge in [-0.25, -0.2) is 0 Å². The van der Waals surface area contributed by atoms with Gasteiger partial charge in [-0.05, 0) is 91.5 Å². The van der Waals surface area contributed by atoms with Crippen LogP contribution in [0.2, 0.25) is 0 Å². The van der Waals surface area contributed by atoms with Crippen molar-refractivity contribution in [2.45, 2.75) is 5.41 Å². The summed E-state index contributed by atoms with van der Waals surface area (Å²) in [6, 6.07) is 124. The average Bonchev–Trinajstić information content (AvgIpc) is 1.69. The molecule has 0 saturated carbocycles. The second-order valence-corrected chi connectivity index (χ2v) is 26.8. The van der Waals surface area contributed by atoms with E-state index in [2.05, 4.69) is 353 Å². The Morgan fingerprint density at radius 3 is 1.22 bits per heavy atom. The first-order valence-electron chi connectivity index (χ1n) is 30.4. The molecule has 17 aromatic rings. The van der Waals surface area contributed by atoms with E-state index in [4.69, 9.17) is 15.0 Å². The maximum Gasteiger partial charge on any atom is 0.240 e. The fraction of sp³-hybridized carbons (Fsp3) is 0.0122. The Balaban J connectivity index is 0.978. The van der Waals surface area contributed by atoms with E-state index in [-0.39, 0.29) is 0 Å². The Labute approximate surface area is 516 Å². The summed E-state index contributed by atoms with van der Waals surface area (Å²) in [4.78, 5) is 17.4. The van der Waals surface area contributed by atoms with Crippen LogP contribution in [0.3, 0.4) is 0 Å². The molecule has 0 aliphatic heterocycles. The van der Waals surface area contributed by atoms with E-state index >= 15 is 0 Å². The van der Waals surface area contributed by atoms with Crippen LogP contribution in [0.15, 0.2) is 340 Å². The third kappa shape index (κ3) is 8.06. The summed E-state index contributed by atoms with van der Waals surface area (Å²) in [5.74, 6) is 1.57. The summed E-state index contributed by atoms with van der Waals surface area (Å²) < 4.78 is 6.97. The van der Waals surface area contributed by atoms with Crippen LogP contribution in [-0.2, 0) is 5.41 Å². The van der Waals surface area contributed by atoms with Crippen molar-refractivity contribution < 1.29 is 0 Å². The molecule has 0 fully saturated rings. The van der Waals surface area contributed by atoms with Gasteiger partial charge in [0.1, 0.15) is 0 Å². The number of rotatable bonds is 12. The van der Waals surface area contributed by atoms with Gasteiger partial charge >= 0.3 is 0 Å². The molecule has 0 saturated heterocycles. The molecular weight excluding hydrogens is 1100 g/mol. The molecule has 0 amide bonds. The zero-order valence-electron chi connectivity index (χ0n) is 48.5. The lowest BCUT2D eigenvalue weighted by atomic mass is 9.65. The van der Waals surface area contributed by atoms with Crippen LogP contribution in [0.1, 0.15) is 22.3 Å². The zero-order valence-corrected chi connectivity index (χ0v) is 49.5. The minimum absolute atomic E-state index is 0.511. The van der Waals surface area contributed by atoms with E-state index in [1.807, 2.05) is 0 Å². The molecule has 0 spiro atoms. The van der Waals surface area contributed by atoms with E-state index in [0.717, 1.165) is 98.9 Å². The van der Waals surface area contributed by atoms with E-state index in [9.17, 15) is 0 Å². The quantitative estimate of drug-likeness (QED) is 0.0905. The minimum atomic E-state index is -2.94. The second-order valence-electron chi connectivity index (χ2n) is 23.0. The van der Waals surface area contributed by atoms with Gasteiger partial charge in [0.15, 0.2) is 13.9 Å². The molecule has 0 aliphatic carbocycles. The Hall–Kier alpha value is -11.5. The van der Waals surface area contributed by atoms with Gasteiger partial charge in [0.25, 0.3) is 0 Å². The lowest BCUT2D eigenvalue weighted by Crippen LogP contribution is -2.74. The first kappa shape index (κ1) is 51.9. The summed E-state index contributed by atoms with van der Waals surface area (Å²) in [5.41, 5.74) is 12.0. The van der Waals surface area contributed by atoms with Crippen LogP contribution in [0, 0.1) is 0 Å². The van der Waals surface area contributed by atoms with Crippen LogP contribution in [0.25, 0.3) is 94.4 Å².